The number of benzene rings is 1. The van der Waals surface area contributed by atoms with Crippen molar-refractivity contribution in [3.05, 3.63) is 34.9 Å². The number of carbonyl (C=O) groups is 3. The molecule has 1 aliphatic carbocycles. The number of piperazine rings is 1. The first-order valence-electron chi connectivity index (χ1n) is 16.7. The minimum Gasteiger partial charge on any atom is -0.338 e. The Kier molecular flexibility index (Phi) is 9.75. The molecule has 0 unspecified atom stereocenters. The maximum atomic E-state index is 14.8. The summed E-state index contributed by atoms with van der Waals surface area (Å²) in [7, 11) is 2.08. The predicted molar refractivity (Wildman–Crippen MR) is 176 cm³/mol. The van der Waals surface area contributed by atoms with E-state index in [0.717, 1.165) is 50.9 Å². The molecule has 0 spiro atoms. The Balaban J connectivity index is 1.45. The van der Waals surface area contributed by atoms with Crippen LogP contribution >= 0.6 is 11.6 Å². The van der Waals surface area contributed by atoms with Gasteiger partial charge in [0.1, 0.15) is 6.04 Å². The first-order valence-corrected chi connectivity index (χ1v) is 17.1. The number of carbonyl (C=O) groups excluding carboxylic acids is 3. The van der Waals surface area contributed by atoms with E-state index in [0.29, 0.717) is 37.6 Å². The van der Waals surface area contributed by atoms with Crippen LogP contribution in [0.1, 0.15) is 85.1 Å². The topological polar surface area (TPSA) is 67.4 Å². The lowest BCUT2D eigenvalue weighted by molar-refractivity contribution is -0.147. The van der Waals surface area contributed by atoms with Crippen LogP contribution in [0.5, 0.6) is 0 Å². The summed E-state index contributed by atoms with van der Waals surface area (Å²) >= 11 is 6.25. The van der Waals surface area contributed by atoms with Crippen LogP contribution in [0.2, 0.25) is 5.02 Å². The van der Waals surface area contributed by atoms with Gasteiger partial charge in [0.2, 0.25) is 17.7 Å². The fraction of sp³-hybridized carbons (Fsp3) is 0.743. The van der Waals surface area contributed by atoms with Crippen molar-refractivity contribution in [1.29, 1.82) is 0 Å². The molecule has 8 nitrogen and oxygen atoms in total. The Morgan fingerprint density at radius 2 is 1.50 bits per heavy atom. The maximum absolute atomic E-state index is 14.8. The summed E-state index contributed by atoms with van der Waals surface area (Å²) in [4.78, 5) is 52.8. The minimum atomic E-state index is -0.549. The SMILES string of the molecule is CC(=O)N(C1CCC(C)(C)CC1)[C@H]1C[C@@H](C(=O)N2CCN(C)CC2)N(C(=O)[C@H]2CN(C(C)(C)C)C[C@H]2c2ccc(Cl)cc2)C1. The van der Waals surface area contributed by atoms with Crippen molar-refractivity contribution >= 4 is 29.3 Å². The molecule has 0 bridgehead atoms. The van der Waals surface area contributed by atoms with Crippen molar-refractivity contribution in [1.82, 2.24) is 24.5 Å². The standard InChI is InChI=1S/C35H54ClN5O3/c1-24(42)41(27-12-14-35(5,6)15-13-27)28-20-31(33(44)38-18-16-37(7)17-19-38)40(21-28)32(43)30-23-39(34(2,3)4)22-29(30)25-8-10-26(36)11-9-25/h8-11,27-31H,12-23H2,1-7H3/t28-,29-,30-,31-/m0/s1. The molecule has 0 aromatic heterocycles. The van der Waals surface area contributed by atoms with Gasteiger partial charge in [-0.15, -0.1) is 0 Å². The van der Waals surface area contributed by atoms with E-state index in [2.05, 4.69) is 56.4 Å². The summed E-state index contributed by atoms with van der Waals surface area (Å²) in [6, 6.07) is 7.34. The second kappa shape index (κ2) is 12.9. The quantitative estimate of drug-likeness (QED) is 0.473. The van der Waals surface area contributed by atoms with Gasteiger partial charge in [0.05, 0.1) is 12.0 Å². The van der Waals surface area contributed by atoms with Crippen LogP contribution in [0.15, 0.2) is 24.3 Å². The Labute approximate surface area is 270 Å². The average Bonchev–Trinajstić information content (AvgIpc) is 3.60. The minimum absolute atomic E-state index is 0.00177. The van der Waals surface area contributed by atoms with Crippen LogP contribution in [0.25, 0.3) is 0 Å². The van der Waals surface area contributed by atoms with Crippen molar-refractivity contribution in [2.75, 3.05) is 52.9 Å². The molecule has 4 aliphatic rings. The van der Waals surface area contributed by atoms with E-state index in [1.807, 2.05) is 34.1 Å². The third kappa shape index (κ3) is 7.13. The molecule has 3 aliphatic heterocycles. The van der Waals surface area contributed by atoms with Gasteiger partial charge in [-0.25, -0.2) is 0 Å². The largest absolute Gasteiger partial charge is 0.338 e. The van der Waals surface area contributed by atoms with Gasteiger partial charge in [0.25, 0.3) is 0 Å². The van der Waals surface area contributed by atoms with Gasteiger partial charge in [-0.2, -0.15) is 0 Å². The van der Waals surface area contributed by atoms with Crippen LogP contribution in [0.4, 0.5) is 0 Å². The van der Waals surface area contributed by atoms with Crippen LogP contribution in [-0.2, 0) is 14.4 Å². The van der Waals surface area contributed by atoms with E-state index < -0.39 is 6.04 Å². The normalized spacial score (nSPS) is 28.8. The molecule has 0 N–H and O–H groups in total. The molecule has 1 aromatic carbocycles. The summed E-state index contributed by atoms with van der Waals surface area (Å²) < 4.78 is 0. The number of likely N-dealkylation sites (tertiary alicyclic amines) is 2. The summed E-state index contributed by atoms with van der Waals surface area (Å²) in [5.74, 6) is -0.144. The van der Waals surface area contributed by atoms with E-state index in [9.17, 15) is 14.4 Å². The van der Waals surface area contributed by atoms with E-state index >= 15 is 0 Å². The molecule has 5 rings (SSSR count). The van der Waals surface area contributed by atoms with E-state index in [1.54, 1.807) is 6.92 Å². The molecule has 3 amide bonds. The lowest BCUT2D eigenvalue weighted by Crippen LogP contribution is -2.54. The molecular weight excluding hydrogens is 574 g/mol. The molecule has 3 saturated heterocycles. The Morgan fingerprint density at radius 3 is 2.07 bits per heavy atom. The Hall–Kier alpha value is -2.16. The van der Waals surface area contributed by atoms with Gasteiger partial charge in [-0.1, -0.05) is 37.6 Å². The Bertz CT molecular complexity index is 1200. The molecule has 244 valence electrons. The fourth-order valence-electron chi connectivity index (χ4n) is 8.07. The molecule has 9 heteroatoms. The first kappa shape index (κ1) is 33.2. The number of hydrogen-bond donors (Lipinski definition) is 0. The predicted octanol–water partition coefficient (Wildman–Crippen LogP) is 4.71. The summed E-state index contributed by atoms with van der Waals surface area (Å²) in [6.07, 6.45) is 4.60. The summed E-state index contributed by atoms with van der Waals surface area (Å²) in [5, 5.41) is 0.679. The van der Waals surface area contributed by atoms with Gasteiger partial charge in [-0.05, 0) is 83.0 Å². The van der Waals surface area contributed by atoms with Gasteiger partial charge in [0, 0.05) is 75.3 Å². The number of likely N-dealkylation sites (N-methyl/N-ethyl adjacent to an activating group) is 1. The molecule has 3 heterocycles. The maximum Gasteiger partial charge on any atom is 0.245 e. The second-order valence-corrected chi connectivity index (χ2v) is 16.1. The third-order valence-corrected chi connectivity index (χ3v) is 11.3. The van der Waals surface area contributed by atoms with E-state index in [-0.39, 0.29) is 52.6 Å². The van der Waals surface area contributed by atoms with Crippen LogP contribution in [0, 0.1) is 11.3 Å². The molecule has 44 heavy (non-hydrogen) atoms. The van der Waals surface area contributed by atoms with Crippen LogP contribution in [-0.4, -0.2) is 119 Å². The zero-order valence-corrected chi connectivity index (χ0v) is 28.8. The highest BCUT2D eigenvalue weighted by Gasteiger charge is 2.50. The molecule has 4 fully saturated rings. The van der Waals surface area contributed by atoms with Crippen molar-refractivity contribution in [2.24, 2.45) is 11.3 Å². The number of halogens is 1. The third-order valence-electron chi connectivity index (χ3n) is 11.0. The van der Waals surface area contributed by atoms with Crippen molar-refractivity contribution in [3.63, 3.8) is 0 Å². The molecular formula is C35H54ClN5O3. The number of hydrogen-bond acceptors (Lipinski definition) is 5. The highest BCUT2D eigenvalue weighted by molar-refractivity contribution is 6.30. The monoisotopic (exact) mass is 627 g/mol. The lowest BCUT2D eigenvalue weighted by atomic mass is 9.75. The highest BCUT2D eigenvalue weighted by atomic mass is 35.5. The summed E-state index contributed by atoms with van der Waals surface area (Å²) in [5.41, 5.74) is 1.30. The lowest BCUT2D eigenvalue weighted by Gasteiger charge is -2.42. The zero-order valence-electron chi connectivity index (χ0n) is 28.0. The molecule has 4 atom stereocenters. The van der Waals surface area contributed by atoms with Crippen LogP contribution in [0.3, 0.4) is 0 Å². The highest BCUT2D eigenvalue weighted by Crippen LogP contribution is 2.41. The molecule has 1 aromatic rings. The van der Waals surface area contributed by atoms with Gasteiger partial charge in [0.15, 0.2) is 0 Å². The average molecular weight is 628 g/mol. The van der Waals surface area contributed by atoms with E-state index in [4.69, 9.17) is 11.6 Å². The Morgan fingerprint density at radius 1 is 0.886 bits per heavy atom. The van der Waals surface area contributed by atoms with Gasteiger partial charge in [-0.3, -0.25) is 19.3 Å². The van der Waals surface area contributed by atoms with Crippen molar-refractivity contribution in [3.8, 4) is 0 Å². The van der Waals surface area contributed by atoms with Gasteiger partial charge < -0.3 is 19.6 Å². The number of nitrogens with zero attached hydrogens (tertiary/aromatic N) is 5. The smallest absolute Gasteiger partial charge is 0.245 e. The van der Waals surface area contributed by atoms with Crippen molar-refractivity contribution < 1.29 is 14.4 Å². The zero-order chi connectivity index (χ0) is 32.0. The first-order chi connectivity index (χ1) is 20.6. The van der Waals surface area contributed by atoms with Crippen LogP contribution < -0.4 is 0 Å². The van der Waals surface area contributed by atoms with E-state index in [1.165, 1.54) is 0 Å². The molecule has 0 radical (unpaired) electrons. The number of rotatable bonds is 5. The summed E-state index contributed by atoms with van der Waals surface area (Å²) in [6.45, 7) is 17.7. The van der Waals surface area contributed by atoms with Crippen molar-refractivity contribution in [2.45, 2.75) is 103 Å². The number of amides is 3. The fourth-order valence-corrected chi connectivity index (χ4v) is 8.19. The molecule has 1 saturated carbocycles. The second-order valence-electron chi connectivity index (χ2n) is 15.7. The van der Waals surface area contributed by atoms with Gasteiger partial charge >= 0.3 is 0 Å².